The van der Waals surface area contributed by atoms with Gasteiger partial charge in [-0.25, -0.2) is 18.3 Å². The monoisotopic (exact) mass is 399 g/mol. The molecule has 3 heterocycles. The highest BCUT2D eigenvalue weighted by Gasteiger charge is 2.29. The Morgan fingerprint density at radius 1 is 1.17 bits per heavy atom. The van der Waals surface area contributed by atoms with Crippen LogP contribution in [-0.4, -0.2) is 56.5 Å². The Morgan fingerprint density at radius 2 is 1.93 bits per heavy atom. The summed E-state index contributed by atoms with van der Waals surface area (Å²) < 4.78 is 29.1. The van der Waals surface area contributed by atoms with Crippen molar-refractivity contribution in [2.24, 2.45) is 0 Å². The van der Waals surface area contributed by atoms with Gasteiger partial charge in [0.05, 0.1) is 6.20 Å². The van der Waals surface area contributed by atoms with E-state index in [1.54, 1.807) is 21.8 Å². The quantitative estimate of drug-likeness (QED) is 0.676. The summed E-state index contributed by atoms with van der Waals surface area (Å²) in [4.78, 5) is 21.4. The number of nitrogens with zero attached hydrogens (tertiary/aromatic N) is 5. The van der Waals surface area contributed by atoms with Crippen LogP contribution in [-0.2, 0) is 0 Å². The molecule has 2 aromatic heterocycles. The van der Waals surface area contributed by atoms with Crippen molar-refractivity contribution >= 4 is 11.6 Å². The van der Waals surface area contributed by atoms with E-state index in [9.17, 15) is 13.6 Å². The van der Waals surface area contributed by atoms with Gasteiger partial charge in [0.25, 0.3) is 5.91 Å². The topological polar surface area (TPSA) is 53.7 Å². The van der Waals surface area contributed by atoms with E-state index >= 15 is 0 Å². The standard InChI is InChI=1S/C21H23F2N5O/c1-3-19(16-5-4-15(22)12-18(16)23)26-8-10-27(11-9-26)21(29)17-13-24-28-7-6-14(2)25-20(17)28/h4-7,12-13,19H,3,8-11H2,1-2H3. The molecule has 1 saturated heterocycles. The van der Waals surface area contributed by atoms with Crippen molar-refractivity contribution < 1.29 is 13.6 Å². The van der Waals surface area contributed by atoms with Crippen LogP contribution in [0, 0.1) is 18.6 Å². The Bertz CT molecular complexity index is 1040. The minimum Gasteiger partial charge on any atom is -0.336 e. The van der Waals surface area contributed by atoms with Gasteiger partial charge in [-0.15, -0.1) is 0 Å². The highest BCUT2D eigenvalue weighted by molar-refractivity contribution is 5.99. The van der Waals surface area contributed by atoms with Crippen molar-refractivity contribution in [1.29, 1.82) is 0 Å². The van der Waals surface area contributed by atoms with Gasteiger partial charge in [-0.1, -0.05) is 13.0 Å². The van der Waals surface area contributed by atoms with E-state index in [0.29, 0.717) is 49.4 Å². The molecule has 29 heavy (non-hydrogen) atoms. The van der Waals surface area contributed by atoms with Crippen LogP contribution in [0.1, 0.15) is 41.0 Å². The highest BCUT2D eigenvalue weighted by atomic mass is 19.1. The van der Waals surface area contributed by atoms with E-state index in [4.69, 9.17) is 0 Å². The zero-order valence-corrected chi connectivity index (χ0v) is 16.5. The molecule has 0 saturated carbocycles. The van der Waals surface area contributed by atoms with Gasteiger partial charge in [0.15, 0.2) is 5.65 Å². The average Bonchev–Trinajstić information content (AvgIpc) is 3.13. The molecule has 1 unspecified atom stereocenters. The molecule has 1 aliphatic heterocycles. The smallest absolute Gasteiger partial charge is 0.259 e. The van der Waals surface area contributed by atoms with Crippen molar-refractivity contribution in [3.05, 3.63) is 65.1 Å². The molecule has 0 aliphatic carbocycles. The van der Waals surface area contributed by atoms with Crippen LogP contribution in [0.4, 0.5) is 8.78 Å². The van der Waals surface area contributed by atoms with Gasteiger partial charge in [-0.05, 0) is 25.5 Å². The highest BCUT2D eigenvalue weighted by Crippen LogP contribution is 2.28. The Morgan fingerprint density at radius 3 is 2.62 bits per heavy atom. The van der Waals surface area contributed by atoms with Crippen LogP contribution in [0.25, 0.3) is 5.65 Å². The van der Waals surface area contributed by atoms with Crippen LogP contribution in [0.3, 0.4) is 0 Å². The van der Waals surface area contributed by atoms with E-state index in [1.807, 2.05) is 19.9 Å². The number of piperazine rings is 1. The molecule has 3 aromatic rings. The number of carbonyl (C=O) groups is 1. The first kappa shape index (κ1) is 19.4. The number of hydrogen-bond donors (Lipinski definition) is 0. The van der Waals surface area contributed by atoms with Crippen LogP contribution in [0.15, 0.2) is 36.7 Å². The SMILES string of the molecule is CCC(c1ccc(F)cc1F)N1CCN(C(=O)c2cnn3ccc(C)nc23)CC1. The number of halogens is 2. The minimum atomic E-state index is -0.575. The average molecular weight is 399 g/mol. The van der Waals surface area contributed by atoms with Crippen molar-refractivity contribution in [1.82, 2.24) is 24.4 Å². The maximum Gasteiger partial charge on any atom is 0.259 e. The number of rotatable bonds is 4. The lowest BCUT2D eigenvalue weighted by Crippen LogP contribution is -2.49. The summed E-state index contributed by atoms with van der Waals surface area (Å²) >= 11 is 0. The van der Waals surface area contributed by atoms with Crippen molar-refractivity contribution in [2.45, 2.75) is 26.3 Å². The Labute approximate surface area is 167 Å². The Hall–Kier alpha value is -2.87. The fraction of sp³-hybridized carbons (Fsp3) is 0.381. The molecule has 1 amide bonds. The molecule has 0 bridgehead atoms. The van der Waals surface area contributed by atoms with E-state index in [-0.39, 0.29) is 11.9 Å². The predicted octanol–water partition coefficient (Wildman–Crippen LogP) is 3.23. The number of amides is 1. The lowest BCUT2D eigenvalue weighted by molar-refractivity contribution is 0.0560. The predicted molar refractivity (Wildman–Crippen MR) is 105 cm³/mol. The van der Waals surface area contributed by atoms with Crippen LogP contribution >= 0.6 is 0 Å². The van der Waals surface area contributed by atoms with Crippen molar-refractivity contribution in [2.75, 3.05) is 26.2 Å². The van der Waals surface area contributed by atoms with Gasteiger partial charge >= 0.3 is 0 Å². The van der Waals surface area contributed by atoms with Gasteiger partial charge in [0.2, 0.25) is 0 Å². The molecular formula is C21H23F2N5O. The van der Waals surface area contributed by atoms with Crippen molar-refractivity contribution in [3.8, 4) is 0 Å². The molecular weight excluding hydrogens is 376 g/mol. The van der Waals surface area contributed by atoms with Gasteiger partial charge in [0, 0.05) is 55.7 Å². The van der Waals surface area contributed by atoms with Gasteiger partial charge in [-0.3, -0.25) is 9.69 Å². The lowest BCUT2D eigenvalue weighted by Gasteiger charge is -2.39. The molecule has 1 aliphatic rings. The maximum absolute atomic E-state index is 14.3. The van der Waals surface area contributed by atoms with E-state index in [2.05, 4.69) is 15.0 Å². The summed E-state index contributed by atoms with van der Waals surface area (Å²) in [6.07, 6.45) is 4.04. The first-order chi connectivity index (χ1) is 14.0. The molecule has 0 radical (unpaired) electrons. The van der Waals surface area contributed by atoms with Gasteiger partial charge < -0.3 is 4.90 Å². The number of fused-ring (bicyclic) bond motifs is 1. The third-order valence-corrected chi connectivity index (χ3v) is 5.49. The van der Waals surface area contributed by atoms with E-state index in [1.165, 1.54) is 12.1 Å². The number of benzene rings is 1. The van der Waals surface area contributed by atoms with Crippen LogP contribution in [0.5, 0.6) is 0 Å². The summed E-state index contributed by atoms with van der Waals surface area (Å²) in [5, 5.41) is 4.21. The molecule has 0 N–H and O–H groups in total. The minimum absolute atomic E-state index is 0.0984. The maximum atomic E-state index is 14.3. The zero-order valence-electron chi connectivity index (χ0n) is 16.5. The number of carbonyl (C=O) groups excluding carboxylic acids is 1. The number of aromatic nitrogens is 3. The van der Waals surface area contributed by atoms with Crippen LogP contribution < -0.4 is 0 Å². The summed E-state index contributed by atoms with van der Waals surface area (Å²) in [7, 11) is 0. The molecule has 1 fully saturated rings. The van der Waals surface area contributed by atoms with Crippen LogP contribution in [0.2, 0.25) is 0 Å². The van der Waals surface area contributed by atoms with Crippen molar-refractivity contribution in [3.63, 3.8) is 0 Å². The summed E-state index contributed by atoms with van der Waals surface area (Å²) in [6, 6.07) is 5.43. The first-order valence-electron chi connectivity index (χ1n) is 9.77. The summed E-state index contributed by atoms with van der Waals surface area (Å²) in [5.74, 6) is -1.20. The second-order valence-corrected chi connectivity index (χ2v) is 7.31. The lowest BCUT2D eigenvalue weighted by atomic mass is 10.0. The van der Waals surface area contributed by atoms with E-state index in [0.717, 1.165) is 11.8 Å². The van der Waals surface area contributed by atoms with Gasteiger partial charge in [0.1, 0.15) is 17.2 Å². The molecule has 1 atom stereocenters. The normalized spacial score (nSPS) is 16.3. The second-order valence-electron chi connectivity index (χ2n) is 7.31. The second kappa shape index (κ2) is 7.87. The van der Waals surface area contributed by atoms with E-state index < -0.39 is 11.6 Å². The molecule has 8 heteroatoms. The fourth-order valence-electron chi connectivity index (χ4n) is 3.96. The number of aryl methyl sites for hydroxylation is 1. The molecule has 0 spiro atoms. The molecule has 1 aromatic carbocycles. The summed E-state index contributed by atoms with van der Waals surface area (Å²) in [5.41, 5.74) is 2.36. The molecule has 6 nitrogen and oxygen atoms in total. The summed E-state index contributed by atoms with van der Waals surface area (Å²) in [6.45, 7) is 6.15. The van der Waals surface area contributed by atoms with Gasteiger partial charge in [-0.2, -0.15) is 5.10 Å². The largest absolute Gasteiger partial charge is 0.336 e. The third kappa shape index (κ3) is 3.72. The molecule has 4 rings (SSSR count). The molecule has 152 valence electrons. The number of hydrogen-bond acceptors (Lipinski definition) is 4. The Kier molecular flexibility index (Phi) is 5.27. The zero-order chi connectivity index (χ0) is 20.5. The third-order valence-electron chi connectivity index (χ3n) is 5.49. The first-order valence-corrected chi connectivity index (χ1v) is 9.77. The Balaban J connectivity index is 1.48. The fourth-order valence-corrected chi connectivity index (χ4v) is 3.96.